The Morgan fingerprint density at radius 2 is 1.33 bits per heavy atom. The molecule has 1 N–H and O–H groups in total. The van der Waals surface area contributed by atoms with Crippen LogP contribution in [0.25, 0.3) is 0 Å². The van der Waals surface area contributed by atoms with Gasteiger partial charge in [-0.3, -0.25) is 5.32 Å². The van der Waals surface area contributed by atoms with Gasteiger partial charge >= 0.3 is 0 Å². The van der Waals surface area contributed by atoms with Crippen molar-refractivity contribution >= 4 is 0 Å². The van der Waals surface area contributed by atoms with Crippen molar-refractivity contribution in [3.8, 4) is 17.6 Å². The van der Waals surface area contributed by atoms with Crippen LogP contribution in [-0.2, 0) is 29.2 Å². The van der Waals surface area contributed by atoms with E-state index in [-0.39, 0.29) is 23.7 Å². The second kappa shape index (κ2) is 12.5. The molecule has 0 amide bonds. The third-order valence-corrected chi connectivity index (χ3v) is 8.14. The molecule has 0 heterocycles. The van der Waals surface area contributed by atoms with Crippen molar-refractivity contribution in [3.05, 3.63) is 108 Å². The number of benzene rings is 3. The van der Waals surface area contributed by atoms with Crippen molar-refractivity contribution in [2.24, 2.45) is 23.7 Å². The Morgan fingerprint density at radius 1 is 0.769 bits per heavy atom. The van der Waals surface area contributed by atoms with E-state index < -0.39 is 5.54 Å². The van der Waals surface area contributed by atoms with Crippen molar-refractivity contribution in [1.29, 1.82) is 5.26 Å². The van der Waals surface area contributed by atoms with Crippen LogP contribution in [0, 0.1) is 35.0 Å². The van der Waals surface area contributed by atoms with Crippen molar-refractivity contribution in [2.75, 3.05) is 27.4 Å². The average Bonchev–Trinajstić information content (AvgIpc) is 3.47. The van der Waals surface area contributed by atoms with Crippen LogP contribution < -0.4 is 14.8 Å². The second-order valence-corrected chi connectivity index (χ2v) is 10.3. The third-order valence-electron chi connectivity index (χ3n) is 8.14. The number of nitrogens with one attached hydrogen (secondary N) is 1. The molecule has 2 aliphatic rings. The molecule has 3 aromatic carbocycles. The van der Waals surface area contributed by atoms with E-state index in [9.17, 15) is 5.26 Å². The minimum atomic E-state index is -0.744. The normalized spacial score (nSPS) is 24.9. The first-order valence-electron chi connectivity index (χ1n) is 13.5. The first kappa shape index (κ1) is 27.0. The molecule has 5 atom stereocenters. The van der Waals surface area contributed by atoms with E-state index >= 15 is 0 Å². The Morgan fingerprint density at radius 3 is 1.82 bits per heavy atom. The molecule has 0 aromatic heterocycles. The number of nitriles is 1. The van der Waals surface area contributed by atoms with Gasteiger partial charge in [0.1, 0.15) is 17.0 Å². The summed E-state index contributed by atoms with van der Waals surface area (Å²) in [6, 6.07) is 28.9. The Labute approximate surface area is 231 Å². The molecular weight excluding hydrogens is 488 g/mol. The molecule has 202 valence electrons. The zero-order chi connectivity index (χ0) is 27.1. The largest absolute Gasteiger partial charge is 0.497 e. The summed E-state index contributed by atoms with van der Waals surface area (Å²) in [7, 11) is 3.29. The van der Waals surface area contributed by atoms with Gasteiger partial charge in [0.05, 0.1) is 46.7 Å². The summed E-state index contributed by atoms with van der Waals surface area (Å²) >= 11 is 0. The van der Waals surface area contributed by atoms with Crippen molar-refractivity contribution in [3.63, 3.8) is 0 Å². The molecule has 1 saturated carbocycles. The van der Waals surface area contributed by atoms with Gasteiger partial charge in [-0.05, 0) is 29.0 Å². The van der Waals surface area contributed by atoms with Crippen LogP contribution >= 0.6 is 0 Å². The molecule has 0 saturated heterocycles. The quantitative estimate of drug-likeness (QED) is 0.296. The fourth-order valence-electron chi connectivity index (χ4n) is 6.15. The summed E-state index contributed by atoms with van der Waals surface area (Å²) in [6.45, 7) is 2.73. The molecule has 0 aliphatic heterocycles. The number of fused-ring (bicyclic) bond motifs is 2. The Hall–Kier alpha value is -3.63. The predicted octanol–water partition coefficient (Wildman–Crippen LogP) is 5.54. The van der Waals surface area contributed by atoms with E-state index in [1.165, 1.54) is 0 Å². The molecular formula is C33H36N2O4. The number of ether oxygens (including phenoxy) is 4. The van der Waals surface area contributed by atoms with Crippen LogP contribution in [0.2, 0.25) is 0 Å². The van der Waals surface area contributed by atoms with Crippen LogP contribution in [0.15, 0.2) is 91.0 Å². The predicted molar refractivity (Wildman–Crippen MR) is 150 cm³/mol. The highest BCUT2D eigenvalue weighted by Gasteiger charge is 2.61. The Kier molecular flexibility index (Phi) is 8.63. The Bertz CT molecular complexity index is 1230. The summed E-state index contributed by atoms with van der Waals surface area (Å²) in [5.74, 6) is 1.81. The van der Waals surface area contributed by atoms with E-state index in [1.54, 1.807) is 14.2 Å². The van der Waals surface area contributed by atoms with E-state index in [0.717, 1.165) is 28.2 Å². The van der Waals surface area contributed by atoms with Gasteiger partial charge in [-0.15, -0.1) is 0 Å². The molecule has 2 aliphatic carbocycles. The lowest BCUT2D eigenvalue weighted by atomic mass is 9.84. The lowest BCUT2D eigenvalue weighted by Gasteiger charge is -2.30. The molecule has 0 spiro atoms. The summed E-state index contributed by atoms with van der Waals surface area (Å²) in [5, 5.41) is 14.3. The van der Waals surface area contributed by atoms with Gasteiger partial charge in [-0.1, -0.05) is 78.9 Å². The van der Waals surface area contributed by atoms with Crippen LogP contribution in [-0.4, -0.2) is 33.0 Å². The fourth-order valence-corrected chi connectivity index (χ4v) is 6.15. The van der Waals surface area contributed by atoms with Crippen LogP contribution in [0.4, 0.5) is 0 Å². The first-order chi connectivity index (χ1) is 19.2. The summed E-state index contributed by atoms with van der Waals surface area (Å²) in [5.41, 5.74) is 2.52. The second-order valence-electron chi connectivity index (χ2n) is 10.3. The molecule has 0 radical (unpaired) electrons. The van der Waals surface area contributed by atoms with Crippen LogP contribution in [0.5, 0.6) is 11.5 Å². The monoisotopic (exact) mass is 524 g/mol. The highest BCUT2D eigenvalue weighted by Crippen LogP contribution is 2.55. The number of hydrogen-bond acceptors (Lipinski definition) is 6. The maximum atomic E-state index is 10.6. The van der Waals surface area contributed by atoms with Gasteiger partial charge in [0.25, 0.3) is 0 Å². The maximum absolute atomic E-state index is 10.6. The van der Waals surface area contributed by atoms with Crippen LogP contribution in [0.3, 0.4) is 0 Å². The minimum absolute atomic E-state index is 0.0119. The molecule has 2 bridgehead atoms. The van der Waals surface area contributed by atoms with E-state index in [1.807, 2.05) is 54.6 Å². The third kappa shape index (κ3) is 5.72. The maximum Gasteiger partial charge on any atom is 0.127 e. The van der Waals surface area contributed by atoms with Gasteiger partial charge in [0.15, 0.2) is 0 Å². The highest BCUT2D eigenvalue weighted by atomic mass is 16.5. The van der Waals surface area contributed by atoms with Gasteiger partial charge < -0.3 is 18.9 Å². The zero-order valence-corrected chi connectivity index (χ0v) is 22.6. The van der Waals surface area contributed by atoms with Crippen molar-refractivity contribution in [1.82, 2.24) is 5.32 Å². The minimum Gasteiger partial charge on any atom is -0.497 e. The molecule has 3 aromatic rings. The van der Waals surface area contributed by atoms with Crippen LogP contribution in [0.1, 0.15) is 16.7 Å². The highest BCUT2D eigenvalue weighted by molar-refractivity contribution is 5.42. The molecule has 6 heteroatoms. The van der Waals surface area contributed by atoms with Gasteiger partial charge in [0.2, 0.25) is 0 Å². The Balaban J connectivity index is 1.33. The van der Waals surface area contributed by atoms with Gasteiger partial charge in [-0.2, -0.15) is 5.26 Å². The van der Waals surface area contributed by atoms with Crippen molar-refractivity contribution in [2.45, 2.75) is 25.3 Å². The number of hydrogen-bond donors (Lipinski definition) is 1. The fraction of sp³-hybridized carbons (Fsp3) is 0.364. The topological polar surface area (TPSA) is 72.7 Å². The first-order valence-corrected chi connectivity index (χ1v) is 13.5. The SMILES string of the molecule is COc1ccc(CNC2(C#N)[C@@H]3C=C[C@H]2[C@H](COCc2ccccc2)[C@H]3COCc2ccccc2)c(OC)c1. The lowest BCUT2D eigenvalue weighted by molar-refractivity contribution is 0.0176. The number of rotatable bonds is 13. The summed E-state index contributed by atoms with van der Waals surface area (Å²) < 4.78 is 23.5. The molecule has 5 rings (SSSR count). The smallest absolute Gasteiger partial charge is 0.127 e. The van der Waals surface area contributed by atoms with Gasteiger partial charge in [-0.25, -0.2) is 0 Å². The van der Waals surface area contributed by atoms with Gasteiger partial charge in [0, 0.05) is 30.0 Å². The number of methoxy groups -OCH3 is 2. The molecule has 6 nitrogen and oxygen atoms in total. The zero-order valence-electron chi connectivity index (χ0n) is 22.6. The molecule has 1 fully saturated rings. The molecule has 1 unspecified atom stereocenters. The van der Waals surface area contributed by atoms with Crippen molar-refractivity contribution < 1.29 is 18.9 Å². The molecule has 39 heavy (non-hydrogen) atoms. The van der Waals surface area contributed by atoms with E-state index in [2.05, 4.69) is 47.8 Å². The standard InChI is InChI=1S/C33H36N2O4/c1-36-27-14-13-26(32(17-27)37-2)18-35-33(23-34)30-15-16-31(33)29(22-39-20-25-11-7-4-8-12-25)28(30)21-38-19-24-9-5-3-6-10-24/h3-17,28-31,35H,18-22H2,1-2H3/t28-,29-,30-,31+,33?/m1/s1. The van der Waals surface area contributed by atoms with E-state index in [0.29, 0.717) is 33.0 Å². The lowest BCUT2D eigenvalue weighted by Crippen LogP contribution is -2.49. The summed E-state index contributed by atoms with van der Waals surface area (Å²) in [4.78, 5) is 0. The summed E-state index contributed by atoms with van der Waals surface area (Å²) in [6.07, 6.45) is 4.41. The average molecular weight is 525 g/mol. The van der Waals surface area contributed by atoms with E-state index in [4.69, 9.17) is 18.9 Å². The number of nitrogens with zero attached hydrogens (tertiary/aromatic N) is 1.